The molecule has 1 fully saturated rings. The number of carboxylic acid groups (broad SMARTS) is 1. The van der Waals surface area contributed by atoms with Gasteiger partial charge in [0, 0.05) is 14.1 Å². The van der Waals surface area contributed by atoms with Gasteiger partial charge < -0.3 is 19.9 Å². The summed E-state index contributed by atoms with van der Waals surface area (Å²) in [5.41, 5.74) is 3.68. The smallest absolute Gasteiger partial charge is 0.335 e. The molecule has 0 aromatic heterocycles. The van der Waals surface area contributed by atoms with Gasteiger partial charge in [0.25, 0.3) is 0 Å². The Hall–Kier alpha value is -3.80. The molecule has 3 aromatic rings. The lowest BCUT2D eigenvalue weighted by molar-refractivity contribution is -0.118. The highest BCUT2D eigenvalue weighted by Crippen LogP contribution is 2.49. The van der Waals surface area contributed by atoms with Crippen molar-refractivity contribution in [1.29, 1.82) is 0 Å². The number of methoxy groups -OCH3 is 2. The molecule has 1 aliphatic carbocycles. The summed E-state index contributed by atoms with van der Waals surface area (Å²) < 4.78 is 10.7. The highest BCUT2D eigenvalue weighted by molar-refractivity contribution is 6.02. The molecule has 6 nitrogen and oxygen atoms in total. The van der Waals surface area contributed by atoms with Crippen LogP contribution in [0.5, 0.6) is 11.5 Å². The van der Waals surface area contributed by atoms with Crippen molar-refractivity contribution in [1.82, 2.24) is 0 Å². The molecule has 1 amide bonds. The van der Waals surface area contributed by atoms with Gasteiger partial charge in [-0.2, -0.15) is 0 Å². The van der Waals surface area contributed by atoms with Gasteiger partial charge in [0.2, 0.25) is 5.91 Å². The van der Waals surface area contributed by atoms with Gasteiger partial charge in [-0.1, -0.05) is 18.2 Å². The number of benzene rings is 3. The van der Waals surface area contributed by atoms with Gasteiger partial charge in [0.15, 0.2) is 0 Å². The van der Waals surface area contributed by atoms with E-state index in [1.54, 1.807) is 26.4 Å². The molecule has 0 heterocycles. The lowest BCUT2D eigenvalue weighted by Crippen LogP contribution is -2.27. The Labute approximate surface area is 189 Å². The summed E-state index contributed by atoms with van der Waals surface area (Å²) in [5, 5.41) is 12.5. The summed E-state index contributed by atoms with van der Waals surface area (Å²) in [6, 6.07) is 18.0. The molecule has 2 N–H and O–H groups in total. The van der Waals surface area contributed by atoms with E-state index in [1.165, 1.54) is 6.07 Å². The number of ether oxygens (including phenoxy) is 2. The first-order valence-electron chi connectivity index (χ1n) is 10.4. The lowest BCUT2D eigenvalue weighted by Gasteiger charge is -2.18. The second kappa shape index (κ2) is 8.38. The van der Waals surface area contributed by atoms with Crippen LogP contribution in [0.3, 0.4) is 0 Å². The van der Waals surface area contributed by atoms with Gasteiger partial charge in [-0.3, -0.25) is 4.79 Å². The minimum Gasteiger partial charge on any atom is -0.497 e. The van der Waals surface area contributed by atoms with Gasteiger partial charge in [0.05, 0.1) is 25.2 Å². The van der Waals surface area contributed by atoms with Crippen LogP contribution in [0.1, 0.15) is 37.2 Å². The summed E-state index contributed by atoms with van der Waals surface area (Å²) in [5.74, 6) is 0.263. The molecule has 1 saturated carbocycles. The molecule has 0 unspecified atom stereocenters. The molecule has 32 heavy (non-hydrogen) atoms. The summed E-state index contributed by atoms with van der Waals surface area (Å²) in [6.45, 7) is 1.94. The first kappa shape index (κ1) is 21.4. The fourth-order valence-corrected chi connectivity index (χ4v) is 3.97. The molecule has 1 aliphatic rings. The number of amides is 1. The number of hydrogen-bond acceptors (Lipinski definition) is 4. The van der Waals surface area contributed by atoms with E-state index < -0.39 is 11.4 Å². The second-order valence-corrected chi connectivity index (χ2v) is 8.01. The topological polar surface area (TPSA) is 84.9 Å². The van der Waals surface area contributed by atoms with Crippen LogP contribution in [0.2, 0.25) is 0 Å². The first-order valence-corrected chi connectivity index (χ1v) is 10.4. The third-order valence-corrected chi connectivity index (χ3v) is 6.06. The van der Waals surface area contributed by atoms with E-state index >= 15 is 0 Å². The molecule has 4 rings (SSSR count). The fourth-order valence-electron chi connectivity index (χ4n) is 3.97. The maximum absolute atomic E-state index is 13.2. The first-order chi connectivity index (χ1) is 15.4. The Balaban J connectivity index is 0.00000204. The van der Waals surface area contributed by atoms with Crippen LogP contribution >= 0.6 is 0 Å². The number of anilines is 1. The SMILES string of the molecule is COc1ccc(C2(C(=O)Nc3ccc(C)c(-c4cc(C(=O)O)ccc4OC)c3)CC2)cc1.[HH].[HH]. The molecule has 0 radical (unpaired) electrons. The Bertz CT molecular complexity index is 1190. The molecule has 0 aliphatic heterocycles. The van der Waals surface area contributed by atoms with Gasteiger partial charge in [0.1, 0.15) is 11.5 Å². The number of rotatable bonds is 7. The predicted molar refractivity (Wildman–Crippen MR) is 127 cm³/mol. The molecule has 0 saturated heterocycles. The Morgan fingerprint density at radius 2 is 1.66 bits per heavy atom. The lowest BCUT2D eigenvalue weighted by atomic mass is 9.94. The van der Waals surface area contributed by atoms with E-state index in [1.807, 2.05) is 49.4 Å². The molecule has 168 valence electrons. The predicted octanol–water partition coefficient (Wildman–Crippen LogP) is 5.54. The van der Waals surface area contributed by atoms with Gasteiger partial charge in [-0.25, -0.2) is 4.79 Å². The van der Waals surface area contributed by atoms with Gasteiger partial charge in [-0.05, 0) is 78.9 Å². The van der Waals surface area contributed by atoms with Crippen molar-refractivity contribution in [3.63, 3.8) is 0 Å². The Morgan fingerprint density at radius 1 is 0.938 bits per heavy atom. The monoisotopic (exact) mass is 435 g/mol. The van der Waals surface area contributed by atoms with Crippen molar-refractivity contribution >= 4 is 17.6 Å². The number of nitrogens with one attached hydrogen (secondary N) is 1. The van der Waals surface area contributed by atoms with Crippen molar-refractivity contribution in [3.8, 4) is 22.6 Å². The van der Waals surface area contributed by atoms with Crippen molar-refractivity contribution < 1.29 is 27.0 Å². The van der Waals surface area contributed by atoms with E-state index in [-0.39, 0.29) is 14.3 Å². The second-order valence-electron chi connectivity index (χ2n) is 8.01. The Kier molecular flexibility index (Phi) is 5.61. The third kappa shape index (κ3) is 3.91. The summed E-state index contributed by atoms with van der Waals surface area (Å²) in [6.07, 6.45) is 1.58. The third-order valence-electron chi connectivity index (χ3n) is 6.06. The van der Waals surface area contributed by atoms with Crippen LogP contribution in [0.4, 0.5) is 5.69 Å². The average molecular weight is 436 g/mol. The zero-order valence-corrected chi connectivity index (χ0v) is 18.3. The molecule has 0 bridgehead atoms. The number of carbonyl (C=O) groups is 2. The normalized spacial score (nSPS) is 13.8. The largest absolute Gasteiger partial charge is 0.497 e. The van der Waals surface area contributed by atoms with E-state index in [2.05, 4.69) is 5.32 Å². The van der Waals surface area contributed by atoms with Crippen LogP contribution in [-0.2, 0) is 10.2 Å². The quantitative estimate of drug-likeness (QED) is 0.509. The van der Waals surface area contributed by atoms with Crippen LogP contribution in [0.15, 0.2) is 60.7 Å². The highest BCUT2D eigenvalue weighted by atomic mass is 16.5. The average Bonchev–Trinajstić information content (AvgIpc) is 3.62. The van der Waals surface area contributed by atoms with Crippen molar-refractivity contribution in [2.24, 2.45) is 0 Å². The van der Waals surface area contributed by atoms with Crippen LogP contribution in [-0.4, -0.2) is 31.2 Å². The van der Waals surface area contributed by atoms with Gasteiger partial charge in [-0.15, -0.1) is 0 Å². The summed E-state index contributed by atoms with van der Waals surface area (Å²) >= 11 is 0. The van der Waals surface area contributed by atoms with Gasteiger partial charge >= 0.3 is 5.97 Å². The number of carbonyl (C=O) groups excluding carboxylic acids is 1. The van der Waals surface area contributed by atoms with Crippen molar-refractivity contribution in [2.45, 2.75) is 25.2 Å². The standard InChI is InChI=1S/C26H25NO5.2H2/c1-16-4-8-19(15-21(16)22-14-17(24(28)29)5-11-23(22)32-3)27-25(30)26(12-13-26)18-6-9-20(31-2)10-7-18;;/h4-11,14-15H,12-13H2,1-3H3,(H,27,30)(H,28,29);2*1H. The molecular weight excluding hydrogens is 406 g/mol. The minimum atomic E-state index is -1.01. The summed E-state index contributed by atoms with van der Waals surface area (Å²) in [7, 11) is 3.16. The molecule has 6 heteroatoms. The molecular formula is C26H29NO5. The number of aromatic carboxylic acids is 1. The highest BCUT2D eigenvalue weighted by Gasteiger charge is 2.51. The van der Waals surface area contributed by atoms with E-state index in [4.69, 9.17) is 9.47 Å². The zero-order chi connectivity index (χ0) is 22.9. The molecule has 0 atom stereocenters. The van der Waals surface area contributed by atoms with E-state index in [0.29, 0.717) is 17.0 Å². The Morgan fingerprint density at radius 3 is 2.25 bits per heavy atom. The van der Waals surface area contributed by atoms with Crippen LogP contribution in [0, 0.1) is 6.92 Å². The van der Waals surface area contributed by atoms with E-state index in [0.717, 1.165) is 35.3 Å². The summed E-state index contributed by atoms with van der Waals surface area (Å²) in [4.78, 5) is 24.7. The molecule has 0 spiro atoms. The molecule has 3 aromatic carbocycles. The number of hydrogen-bond donors (Lipinski definition) is 2. The van der Waals surface area contributed by atoms with Crippen LogP contribution in [0.25, 0.3) is 11.1 Å². The maximum atomic E-state index is 13.2. The number of carboxylic acids is 1. The maximum Gasteiger partial charge on any atom is 0.335 e. The number of aryl methyl sites for hydroxylation is 1. The van der Waals surface area contributed by atoms with Crippen molar-refractivity contribution in [2.75, 3.05) is 19.5 Å². The van der Waals surface area contributed by atoms with Crippen molar-refractivity contribution in [3.05, 3.63) is 77.4 Å². The van der Waals surface area contributed by atoms with Crippen LogP contribution < -0.4 is 14.8 Å². The minimum absolute atomic E-state index is 0. The zero-order valence-electron chi connectivity index (χ0n) is 18.3. The van der Waals surface area contributed by atoms with E-state index in [9.17, 15) is 14.7 Å². The fraction of sp³-hybridized carbons (Fsp3) is 0.231.